The summed E-state index contributed by atoms with van der Waals surface area (Å²) in [7, 11) is 0. The maximum absolute atomic E-state index is 5.79. The molecule has 5 heteroatoms. The summed E-state index contributed by atoms with van der Waals surface area (Å²) in [6.07, 6.45) is 4.22. The molecule has 1 aliphatic rings. The minimum absolute atomic E-state index is 0. The van der Waals surface area contributed by atoms with Crippen molar-refractivity contribution in [3.8, 4) is 11.5 Å². The van der Waals surface area contributed by atoms with Gasteiger partial charge < -0.3 is 14.2 Å². The Morgan fingerprint density at radius 3 is 2.86 bits per heavy atom. The molecule has 3 rings (SSSR count). The molecule has 22 heavy (non-hydrogen) atoms. The van der Waals surface area contributed by atoms with Crippen molar-refractivity contribution in [2.24, 2.45) is 5.92 Å². The summed E-state index contributed by atoms with van der Waals surface area (Å²) in [4.78, 5) is 4.07. The molecular weight excluding hydrogens is 399 g/mol. The zero-order valence-corrected chi connectivity index (χ0v) is 19.2. The van der Waals surface area contributed by atoms with Crippen molar-refractivity contribution in [2.45, 2.75) is 26.2 Å². The van der Waals surface area contributed by atoms with Gasteiger partial charge in [-0.1, -0.05) is 19.1 Å². The van der Waals surface area contributed by atoms with E-state index in [1.165, 1.54) is 0 Å². The number of nitrogens with zero attached hydrogens (tertiary/aromatic N) is 1. The normalized spacial score (nSPS) is 20.2. The molecule has 0 aliphatic carbocycles. The van der Waals surface area contributed by atoms with Crippen molar-refractivity contribution in [1.29, 1.82) is 0 Å². The van der Waals surface area contributed by atoms with E-state index in [-0.39, 0.29) is 75.2 Å². The van der Waals surface area contributed by atoms with E-state index in [1.807, 2.05) is 43.0 Å². The number of ether oxygens (including phenoxy) is 3. The Kier molecular flexibility index (Phi) is 7.76. The average Bonchev–Trinajstić information content (AvgIpc) is 2.92. The first-order valence-corrected chi connectivity index (χ1v) is 7.07. The van der Waals surface area contributed by atoms with E-state index in [0.29, 0.717) is 12.5 Å². The maximum atomic E-state index is 5.79. The second kappa shape index (κ2) is 9.32. The SMILES string of the molecule is C[C@H]1[CH-]OC(Oc2cccc(OCc3cccnc3)c2)C1.[Cs+]. The van der Waals surface area contributed by atoms with Crippen LogP contribution in [-0.4, -0.2) is 11.3 Å². The molecule has 0 N–H and O–H groups in total. The second-order valence-corrected chi connectivity index (χ2v) is 5.16. The number of aromatic nitrogens is 1. The predicted molar refractivity (Wildman–Crippen MR) is 78.6 cm³/mol. The first-order chi connectivity index (χ1) is 10.3. The molecule has 0 spiro atoms. The molecule has 1 fully saturated rings. The monoisotopic (exact) mass is 417 g/mol. The van der Waals surface area contributed by atoms with Crippen molar-refractivity contribution >= 4 is 0 Å². The van der Waals surface area contributed by atoms with Gasteiger partial charge in [0, 0.05) is 24.0 Å². The van der Waals surface area contributed by atoms with Gasteiger partial charge in [-0.05, 0) is 24.6 Å². The molecule has 1 aliphatic heterocycles. The number of rotatable bonds is 5. The van der Waals surface area contributed by atoms with Crippen LogP contribution in [0.1, 0.15) is 18.9 Å². The minimum Gasteiger partial charge on any atom is -0.520 e. The fourth-order valence-electron chi connectivity index (χ4n) is 2.15. The quantitative estimate of drug-likeness (QED) is 0.668. The first kappa shape index (κ1) is 18.3. The molecule has 2 atom stereocenters. The smallest absolute Gasteiger partial charge is 0.520 e. The van der Waals surface area contributed by atoms with Crippen molar-refractivity contribution in [3.63, 3.8) is 0 Å². The van der Waals surface area contributed by atoms with Gasteiger partial charge in [0.15, 0.2) is 6.29 Å². The van der Waals surface area contributed by atoms with Gasteiger partial charge in [-0.2, -0.15) is 0 Å². The van der Waals surface area contributed by atoms with E-state index in [0.717, 1.165) is 23.5 Å². The summed E-state index contributed by atoms with van der Waals surface area (Å²) >= 11 is 0. The second-order valence-electron chi connectivity index (χ2n) is 5.16. The van der Waals surface area contributed by atoms with Crippen LogP contribution in [-0.2, 0) is 11.3 Å². The third-order valence-corrected chi connectivity index (χ3v) is 3.23. The molecule has 1 aromatic carbocycles. The fraction of sp³-hybridized carbons (Fsp3) is 0.294. The van der Waals surface area contributed by atoms with Crippen LogP contribution in [0.3, 0.4) is 0 Å². The molecule has 0 bridgehead atoms. The first-order valence-electron chi connectivity index (χ1n) is 7.07. The number of hydrogen-bond acceptors (Lipinski definition) is 4. The van der Waals surface area contributed by atoms with Gasteiger partial charge in [-0.3, -0.25) is 4.98 Å². The van der Waals surface area contributed by atoms with Crippen LogP contribution in [0, 0.1) is 12.5 Å². The fourth-order valence-corrected chi connectivity index (χ4v) is 2.15. The van der Waals surface area contributed by atoms with E-state index in [1.54, 1.807) is 12.4 Å². The molecule has 0 radical (unpaired) electrons. The van der Waals surface area contributed by atoms with E-state index < -0.39 is 0 Å². The largest absolute Gasteiger partial charge is 1.00 e. The molecule has 1 unspecified atom stereocenters. The molecule has 1 aromatic heterocycles. The minimum atomic E-state index is -0.200. The Bertz CT molecular complexity index is 579. The maximum Gasteiger partial charge on any atom is 1.00 e. The summed E-state index contributed by atoms with van der Waals surface area (Å²) in [5.41, 5.74) is 1.03. The van der Waals surface area contributed by atoms with Crippen LogP contribution in [0.4, 0.5) is 0 Å². The van der Waals surface area contributed by atoms with Crippen molar-refractivity contribution in [1.82, 2.24) is 4.98 Å². The van der Waals surface area contributed by atoms with Gasteiger partial charge in [0.2, 0.25) is 0 Å². The van der Waals surface area contributed by atoms with Crippen LogP contribution in [0.15, 0.2) is 48.8 Å². The third kappa shape index (κ3) is 5.56. The molecule has 0 amide bonds. The van der Waals surface area contributed by atoms with Crippen LogP contribution in [0.25, 0.3) is 0 Å². The Hall–Kier alpha value is -0.0181. The van der Waals surface area contributed by atoms with Crippen LogP contribution in [0.2, 0.25) is 0 Å². The summed E-state index contributed by atoms with van der Waals surface area (Å²) in [5, 5.41) is 0. The van der Waals surface area contributed by atoms with Crippen LogP contribution < -0.4 is 78.4 Å². The van der Waals surface area contributed by atoms with E-state index >= 15 is 0 Å². The van der Waals surface area contributed by atoms with Gasteiger partial charge in [-0.15, -0.1) is 5.92 Å². The van der Waals surface area contributed by atoms with Crippen LogP contribution in [0.5, 0.6) is 11.5 Å². The van der Waals surface area contributed by atoms with Gasteiger partial charge in [0.05, 0.1) is 0 Å². The van der Waals surface area contributed by atoms with Gasteiger partial charge in [-0.25, -0.2) is 6.61 Å². The summed E-state index contributed by atoms with van der Waals surface area (Å²) in [6, 6.07) is 11.5. The number of hydrogen-bond donors (Lipinski definition) is 0. The van der Waals surface area contributed by atoms with E-state index in [9.17, 15) is 0 Å². The Labute approximate surface area is 190 Å². The molecule has 110 valence electrons. The standard InChI is InChI=1S/C17H18NO3.Cs/c1-13-8-17(20-11-13)21-16-6-2-5-15(9-16)19-12-14-4-3-7-18-10-14;/h2-7,9-11,13,17H,8,12H2,1H3;/q-1;+1/t13-,17?;/m1./s1. The number of pyridine rings is 1. The Morgan fingerprint density at radius 1 is 1.27 bits per heavy atom. The molecule has 0 saturated carbocycles. The molecule has 1 saturated heterocycles. The van der Waals surface area contributed by atoms with Gasteiger partial charge in [0.25, 0.3) is 0 Å². The molecule has 2 aromatic rings. The van der Waals surface area contributed by atoms with Crippen molar-refractivity contribution < 1.29 is 83.1 Å². The Morgan fingerprint density at radius 2 is 2.14 bits per heavy atom. The predicted octanol–water partition coefficient (Wildman–Crippen LogP) is 0.588. The average molecular weight is 417 g/mol. The van der Waals surface area contributed by atoms with Crippen LogP contribution >= 0.6 is 0 Å². The number of benzene rings is 1. The van der Waals surface area contributed by atoms with Gasteiger partial charge in [0.1, 0.15) is 18.1 Å². The summed E-state index contributed by atoms with van der Waals surface area (Å²) in [5.74, 6) is 1.96. The van der Waals surface area contributed by atoms with E-state index in [2.05, 4.69) is 11.9 Å². The van der Waals surface area contributed by atoms with Crippen molar-refractivity contribution in [3.05, 3.63) is 61.0 Å². The molecule has 2 heterocycles. The van der Waals surface area contributed by atoms with Crippen molar-refractivity contribution in [2.75, 3.05) is 0 Å². The summed E-state index contributed by atoms with van der Waals surface area (Å²) in [6.45, 7) is 4.42. The molecular formula is C17H18CsNO3. The molecule has 4 nitrogen and oxygen atoms in total. The zero-order valence-electron chi connectivity index (χ0n) is 12.9. The van der Waals surface area contributed by atoms with Gasteiger partial charge >= 0.3 is 68.9 Å². The summed E-state index contributed by atoms with van der Waals surface area (Å²) < 4.78 is 17.0. The Balaban J connectivity index is 0.00000176. The zero-order chi connectivity index (χ0) is 14.5. The third-order valence-electron chi connectivity index (χ3n) is 3.23. The topological polar surface area (TPSA) is 40.6 Å². The van der Waals surface area contributed by atoms with E-state index in [4.69, 9.17) is 14.2 Å².